The van der Waals surface area contributed by atoms with Crippen LogP contribution in [0.3, 0.4) is 0 Å². The number of rotatable bonds is 3. The minimum atomic E-state index is -0.131. The van der Waals surface area contributed by atoms with Crippen molar-refractivity contribution in [1.82, 2.24) is 10.1 Å². The molecule has 1 aliphatic heterocycles. The first kappa shape index (κ1) is 15.8. The van der Waals surface area contributed by atoms with Gasteiger partial charge >= 0.3 is 0 Å². The number of amides is 1. The van der Waals surface area contributed by atoms with Gasteiger partial charge in [-0.3, -0.25) is 4.79 Å². The van der Waals surface area contributed by atoms with Crippen molar-refractivity contribution in [2.45, 2.75) is 19.3 Å². The topological polar surface area (TPSA) is 59.2 Å². The Morgan fingerprint density at radius 3 is 2.72 bits per heavy atom. The van der Waals surface area contributed by atoms with Crippen molar-refractivity contribution < 1.29 is 9.32 Å². The summed E-state index contributed by atoms with van der Waals surface area (Å²) >= 11 is 6.31. The van der Waals surface area contributed by atoms with Crippen LogP contribution in [0.25, 0.3) is 11.4 Å². The monoisotopic (exact) mass is 353 g/mol. The maximum atomic E-state index is 12.5. The molecule has 0 aliphatic carbocycles. The van der Waals surface area contributed by atoms with E-state index in [1.54, 1.807) is 11.0 Å². The average Bonchev–Trinajstić information content (AvgIpc) is 3.23. The zero-order chi connectivity index (χ0) is 17.4. The van der Waals surface area contributed by atoms with E-state index in [9.17, 15) is 4.79 Å². The lowest BCUT2D eigenvalue weighted by Crippen LogP contribution is -2.25. The number of hydrogen-bond donors (Lipinski definition) is 0. The van der Waals surface area contributed by atoms with Crippen LogP contribution in [0.2, 0.25) is 5.02 Å². The van der Waals surface area contributed by atoms with Gasteiger partial charge in [0.25, 0.3) is 0 Å². The average molecular weight is 354 g/mol. The number of carbonyl (C=O) groups is 1. The minimum Gasteiger partial charge on any atom is -0.339 e. The molecule has 3 aromatic rings. The van der Waals surface area contributed by atoms with Crippen LogP contribution in [0.15, 0.2) is 53.1 Å². The van der Waals surface area contributed by atoms with E-state index in [0.717, 1.165) is 16.8 Å². The van der Waals surface area contributed by atoms with Gasteiger partial charge in [0.1, 0.15) is 0 Å². The molecule has 126 valence electrons. The van der Waals surface area contributed by atoms with Gasteiger partial charge in [-0.2, -0.15) is 4.98 Å². The highest BCUT2D eigenvalue weighted by atomic mass is 35.5. The summed E-state index contributed by atoms with van der Waals surface area (Å²) in [6.45, 7) is 2.43. The van der Waals surface area contributed by atoms with Gasteiger partial charge in [0, 0.05) is 18.5 Å². The summed E-state index contributed by atoms with van der Waals surface area (Å²) in [6.07, 6.45) is 0.334. The number of halogens is 1. The second-order valence-corrected chi connectivity index (χ2v) is 6.54. The van der Waals surface area contributed by atoms with Gasteiger partial charge in [0.15, 0.2) is 0 Å². The normalized spacial score (nSPS) is 17.3. The Morgan fingerprint density at radius 1 is 1.16 bits per heavy atom. The second-order valence-electron chi connectivity index (χ2n) is 6.13. The summed E-state index contributed by atoms with van der Waals surface area (Å²) < 4.78 is 5.42. The fourth-order valence-corrected chi connectivity index (χ4v) is 3.48. The Hall–Kier alpha value is -2.66. The molecule has 1 saturated heterocycles. The number of aryl methyl sites for hydroxylation is 1. The van der Waals surface area contributed by atoms with Crippen LogP contribution in [-0.2, 0) is 4.79 Å². The third-order valence-corrected chi connectivity index (χ3v) is 4.71. The first-order valence-electron chi connectivity index (χ1n) is 8.08. The molecule has 0 saturated carbocycles. The Labute approximate surface area is 150 Å². The van der Waals surface area contributed by atoms with Gasteiger partial charge in [-0.25, -0.2) is 0 Å². The highest BCUT2D eigenvalue weighted by Crippen LogP contribution is 2.37. The third kappa shape index (κ3) is 2.91. The molecule has 5 nitrogen and oxygen atoms in total. The summed E-state index contributed by atoms with van der Waals surface area (Å²) in [6, 6.07) is 15.3. The van der Waals surface area contributed by atoms with Gasteiger partial charge in [-0.15, -0.1) is 0 Å². The molecule has 1 unspecified atom stereocenters. The number of aromatic nitrogens is 2. The van der Waals surface area contributed by atoms with E-state index >= 15 is 0 Å². The predicted octanol–water partition coefficient (Wildman–Crippen LogP) is 4.22. The van der Waals surface area contributed by atoms with Crippen LogP contribution in [0.1, 0.15) is 23.8 Å². The van der Waals surface area contributed by atoms with Crippen LogP contribution in [0.5, 0.6) is 0 Å². The number of hydrogen-bond acceptors (Lipinski definition) is 4. The zero-order valence-electron chi connectivity index (χ0n) is 13.6. The maximum absolute atomic E-state index is 12.5. The molecule has 1 fully saturated rings. The molecule has 2 aromatic carbocycles. The third-order valence-electron chi connectivity index (χ3n) is 4.41. The molecule has 0 spiro atoms. The Bertz CT molecular complexity index is 903. The van der Waals surface area contributed by atoms with Crippen LogP contribution >= 0.6 is 11.6 Å². The number of carbonyl (C=O) groups excluding carboxylic acids is 1. The number of para-hydroxylation sites is 1. The minimum absolute atomic E-state index is 0.0145. The van der Waals surface area contributed by atoms with Gasteiger partial charge in [0.05, 0.1) is 16.6 Å². The molecule has 0 bridgehead atoms. The first-order chi connectivity index (χ1) is 12.1. The highest BCUT2D eigenvalue weighted by Gasteiger charge is 2.36. The van der Waals surface area contributed by atoms with E-state index in [2.05, 4.69) is 10.1 Å². The predicted molar refractivity (Wildman–Crippen MR) is 95.6 cm³/mol. The Kier molecular flexibility index (Phi) is 4.01. The molecule has 1 atom stereocenters. The molecular weight excluding hydrogens is 338 g/mol. The lowest BCUT2D eigenvalue weighted by molar-refractivity contribution is -0.117. The fourth-order valence-electron chi connectivity index (χ4n) is 3.16. The highest BCUT2D eigenvalue weighted by molar-refractivity contribution is 6.34. The summed E-state index contributed by atoms with van der Waals surface area (Å²) in [4.78, 5) is 18.7. The smallest absolute Gasteiger partial charge is 0.232 e. The van der Waals surface area contributed by atoms with Crippen LogP contribution < -0.4 is 4.90 Å². The van der Waals surface area contributed by atoms with Crippen molar-refractivity contribution in [3.63, 3.8) is 0 Å². The Balaban J connectivity index is 1.60. The summed E-state index contributed by atoms with van der Waals surface area (Å²) in [5, 5.41) is 4.62. The molecule has 1 aliphatic rings. The van der Waals surface area contributed by atoms with Crippen LogP contribution in [0, 0.1) is 6.92 Å². The van der Waals surface area contributed by atoms with Crippen molar-refractivity contribution in [1.29, 1.82) is 0 Å². The second kappa shape index (κ2) is 6.33. The molecule has 4 rings (SSSR count). The lowest BCUT2D eigenvalue weighted by atomic mass is 10.1. The van der Waals surface area contributed by atoms with E-state index in [1.807, 2.05) is 49.4 Å². The molecule has 0 radical (unpaired) electrons. The summed E-state index contributed by atoms with van der Waals surface area (Å²) in [5.74, 6) is 0.906. The van der Waals surface area contributed by atoms with E-state index < -0.39 is 0 Å². The zero-order valence-corrected chi connectivity index (χ0v) is 14.4. The van der Waals surface area contributed by atoms with E-state index in [1.165, 1.54) is 0 Å². The molecular formula is C19H16ClN3O2. The van der Waals surface area contributed by atoms with Gasteiger partial charge in [-0.05, 0) is 18.6 Å². The van der Waals surface area contributed by atoms with Crippen molar-refractivity contribution in [3.8, 4) is 11.4 Å². The van der Waals surface area contributed by atoms with Crippen molar-refractivity contribution >= 4 is 23.2 Å². The SMILES string of the molecule is Cc1cccc(Cl)c1N1CC(c2nc(-c3ccccc3)no2)CC1=O. The summed E-state index contributed by atoms with van der Waals surface area (Å²) in [7, 11) is 0. The molecule has 0 N–H and O–H groups in total. The molecule has 6 heteroatoms. The summed E-state index contributed by atoms with van der Waals surface area (Å²) in [5.41, 5.74) is 2.62. The quantitative estimate of drug-likeness (QED) is 0.707. The van der Waals surface area contributed by atoms with Crippen molar-refractivity contribution in [3.05, 3.63) is 65.0 Å². The largest absolute Gasteiger partial charge is 0.339 e. The van der Waals surface area contributed by atoms with Crippen LogP contribution in [-0.4, -0.2) is 22.6 Å². The van der Waals surface area contributed by atoms with Gasteiger partial charge in [-0.1, -0.05) is 59.2 Å². The Morgan fingerprint density at radius 2 is 1.96 bits per heavy atom. The number of anilines is 1. The molecule has 2 heterocycles. The molecule has 1 aromatic heterocycles. The van der Waals surface area contributed by atoms with Gasteiger partial charge in [0.2, 0.25) is 17.6 Å². The van der Waals surface area contributed by atoms with E-state index in [-0.39, 0.29) is 11.8 Å². The first-order valence-corrected chi connectivity index (χ1v) is 8.46. The van der Waals surface area contributed by atoms with Crippen molar-refractivity contribution in [2.75, 3.05) is 11.4 Å². The molecule has 1 amide bonds. The molecule has 25 heavy (non-hydrogen) atoms. The maximum Gasteiger partial charge on any atom is 0.232 e. The van der Waals surface area contributed by atoms with Gasteiger partial charge < -0.3 is 9.42 Å². The van der Waals surface area contributed by atoms with E-state index in [4.69, 9.17) is 16.1 Å². The fraction of sp³-hybridized carbons (Fsp3) is 0.211. The van der Waals surface area contributed by atoms with E-state index in [0.29, 0.717) is 29.7 Å². The number of nitrogens with zero attached hydrogens (tertiary/aromatic N) is 3. The van der Waals surface area contributed by atoms with Crippen molar-refractivity contribution in [2.24, 2.45) is 0 Å². The lowest BCUT2D eigenvalue weighted by Gasteiger charge is -2.20. The number of benzene rings is 2. The standard InChI is InChI=1S/C19H16ClN3O2/c1-12-6-5-9-15(20)17(12)23-11-14(10-16(23)24)19-21-18(22-25-19)13-7-3-2-4-8-13/h2-9,14H,10-11H2,1H3. The van der Waals surface area contributed by atoms with Crippen LogP contribution in [0.4, 0.5) is 5.69 Å².